The van der Waals surface area contributed by atoms with Crippen LogP contribution in [0.2, 0.25) is 0 Å². The number of pyridine rings is 1. The van der Waals surface area contributed by atoms with E-state index in [4.69, 9.17) is 0 Å². The average Bonchev–Trinajstić information content (AvgIpc) is 3.22. The minimum atomic E-state index is -0.941. The first-order valence-corrected chi connectivity index (χ1v) is 10.4. The van der Waals surface area contributed by atoms with Gasteiger partial charge in [0.2, 0.25) is 0 Å². The molecule has 1 unspecified atom stereocenters. The maximum Gasteiger partial charge on any atom is 0.191 e. The highest BCUT2D eigenvalue weighted by molar-refractivity contribution is 14.0. The molecule has 156 valence electrons. The molecular formula is C20H32IN5OS. The first-order valence-electron chi connectivity index (χ1n) is 9.47. The van der Waals surface area contributed by atoms with Crippen molar-refractivity contribution in [1.82, 2.24) is 15.6 Å². The molecule has 2 rings (SSSR count). The molecule has 0 bridgehead atoms. The molecule has 0 saturated heterocycles. The quantitative estimate of drug-likeness (QED) is 0.270. The molecule has 3 N–H and O–H groups in total. The minimum absolute atomic E-state index is 0. The second-order valence-corrected chi connectivity index (χ2v) is 7.31. The van der Waals surface area contributed by atoms with Gasteiger partial charge in [-0.2, -0.15) is 11.3 Å². The van der Waals surface area contributed by atoms with Crippen LogP contribution in [0.15, 0.2) is 40.1 Å². The lowest BCUT2D eigenvalue weighted by molar-refractivity contribution is 0.0621. The number of guanidine groups is 1. The highest BCUT2D eigenvalue weighted by Gasteiger charge is 2.23. The number of hydrogen-bond donors (Lipinski definition) is 3. The molecule has 0 amide bonds. The average molecular weight is 517 g/mol. The summed E-state index contributed by atoms with van der Waals surface area (Å²) in [7, 11) is 0. The van der Waals surface area contributed by atoms with E-state index in [1.54, 1.807) is 11.3 Å². The molecule has 0 aliphatic heterocycles. The Bertz CT molecular complexity index is 700. The van der Waals surface area contributed by atoms with Gasteiger partial charge in [0.1, 0.15) is 11.4 Å². The Morgan fingerprint density at radius 3 is 2.50 bits per heavy atom. The number of nitrogens with zero attached hydrogens (tertiary/aromatic N) is 3. The molecule has 8 heteroatoms. The van der Waals surface area contributed by atoms with Gasteiger partial charge in [-0.25, -0.2) is 9.98 Å². The van der Waals surface area contributed by atoms with E-state index in [2.05, 4.69) is 45.4 Å². The van der Waals surface area contributed by atoms with Crippen molar-refractivity contribution in [1.29, 1.82) is 0 Å². The topological polar surface area (TPSA) is 72.8 Å². The van der Waals surface area contributed by atoms with Gasteiger partial charge in [-0.05, 0) is 61.7 Å². The van der Waals surface area contributed by atoms with Crippen LogP contribution in [0, 0.1) is 0 Å². The highest BCUT2D eigenvalue weighted by atomic mass is 127. The van der Waals surface area contributed by atoms with E-state index < -0.39 is 5.60 Å². The van der Waals surface area contributed by atoms with E-state index in [-0.39, 0.29) is 24.0 Å². The maximum absolute atomic E-state index is 10.7. The first kappa shape index (κ1) is 24.6. The van der Waals surface area contributed by atoms with Crippen LogP contribution in [0.1, 0.15) is 38.8 Å². The number of aromatic nitrogens is 1. The van der Waals surface area contributed by atoms with Crippen molar-refractivity contribution in [3.05, 3.63) is 46.3 Å². The zero-order chi connectivity index (χ0) is 19.7. The number of hydrogen-bond acceptors (Lipinski definition) is 5. The Morgan fingerprint density at radius 1 is 1.21 bits per heavy atom. The smallest absolute Gasteiger partial charge is 0.191 e. The Hall–Kier alpha value is -1.39. The van der Waals surface area contributed by atoms with E-state index in [1.165, 1.54) is 0 Å². The van der Waals surface area contributed by atoms with Crippen LogP contribution < -0.4 is 15.5 Å². The van der Waals surface area contributed by atoms with Crippen LogP contribution >= 0.6 is 35.3 Å². The number of nitrogens with one attached hydrogen (secondary N) is 2. The van der Waals surface area contributed by atoms with Crippen molar-refractivity contribution in [3.63, 3.8) is 0 Å². The second-order valence-electron chi connectivity index (χ2n) is 6.53. The second kappa shape index (κ2) is 12.2. The zero-order valence-corrected chi connectivity index (χ0v) is 20.3. The Morgan fingerprint density at radius 2 is 1.96 bits per heavy atom. The van der Waals surface area contributed by atoms with Gasteiger partial charge in [-0.3, -0.25) is 0 Å². The lowest BCUT2D eigenvalue weighted by Gasteiger charge is -2.24. The van der Waals surface area contributed by atoms with Gasteiger partial charge in [-0.15, -0.1) is 24.0 Å². The predicted molar refractivity (Wildman–Crippen MR) is 130 cm³/mol. The fraction of sp³-hybridized carbons (Fsp3) is 0.500. The Labute approximate surface area is 189 Å². The highest BCUT2D eigenvalue weighted by Crippen LogP contribution is 2.22. The van der Waals surface area contributed by atoms with E-state index in [0.29, 0.717) is 19.0 Å². The van der Waals surface area contributed by atoms with E-state index in [0.717, 1.165) is 36.6 Å². The molecule has 0 aliphatic carbocycles. The van der Waals surface area contributed by atoms with Crippen LogP contribution in [-0.4, -0.2) is 42.2 Å². The summed E-state index contributed by atoms with van der Waals surface area (Å²) in [6.07, 6.45) is 1.88. The third kappa shape index (κ3) is 7.21. The maximum atomic E-state index is 10.7. The molecule has 2 heterocycles. The molecule has 6 nitrogen and oxygen atoms in total. The molecule has 0 spiro atoms. The summed E-state index contributed by atoms with van der Waals surface area (Å²) in [4.78, 5) is 11.4. The Kier molecular flexibility index (Phi) is 10.8. The molecule has 0 fully saturated rings. The zero-order valence-electron chi connectivity index (χ0n) is 17.1. The molecule has 28 heavy (non-hydrogen) atoms. The summed E-state index contributed by atoms with van der Waals surface area (Å²) in [6, 6.07) is 6.05. The molecule has 0 radical (unpaired) electrons. The van der Waals surface area contributed by atoms with Crippen LogP contribution in [-0.2, 0) is 12.1 Å². The van der Waals surface area contributed by atoms with Crippen LogP contribution in [0.5, 0.6) is 0 Å². The number of rotatable bonds is 9. The van der Waals surface area contributed by atoms with E-state index >= 15 is 0 Å². The van der Waals surface area contributed by atoms with E-state index in [9.17, 15) is 5.11 Å². The van der Waals surface area contributed by atoms with Crippen molar-refractivity contribution in [2.75, 3.05) is 31.1 Å². The number of thiophene rings is 1. The number of halogens is 1. The van der Waals surface area contributed by atoms with Crippen molar-refractivity contribution in [2.45, 2.75) is 39.8 Å². The molecule has 2 aromatic rings. The lowest BCUT2D eigenvalue weighted by Crippen LogP contribution is -2.44. The number of aliphatic imine (C=N–C) groups is 1. The Balaban J connectivity index is 0.00000392. The van der Waals surface area contributed by atoms with Crippen LogP contribution in [0.3, 0.4) is 0 Å². The summed E-state index contributed by atoms with van der Waals surface area (Å²) in [5.74, 6) is 1.67. The standard InChI is InChI=1S/C20H31N5OS.HI/c1-5-21-19(24-15-20(4,26)17-10-11-27-14-17)23-13-16-8-9-18(22-12-16)25(6-2)7-3;/h8-12,14,26H,5-7,13,15H2,1-4H3,(H2,21,23,24);1H. The summed E-state index contributed by atoms with van der Waals surface area (Å²) < 4.78 is 0. The minimum Gasteiger partial charge on any atom is -0.384 e. The van der Waals surface area contributed by atoms with Crippen molar-refractivity contribution in [3.8, 4) is 0 Å². The van der Waals surface area contributed by atoms with Gasteiger partial charge in [-0.1, -0.05) is 6.07 Å². The van der Waals surface area contributed by atoms with Crippen molar-refractivity contribution < 1.29 is 5.11 Å². The molecule has 2 aromatic heterocycles. The van der Waals surface area contributed by atoms with E-state index in [1.807, 2.05) is 42.9 Å². The van der Waals surface area contributed by atoms with Crippen molar-refractivity contribution >= 4 is 47.1 Å². The van der Waals surface area contributed by atoms with Gasteiger partial charge in [0.25, 0.3) is 0 Å². The molecule has 0 aromatic carbocycles. The van der Waals surface area contributed by atoms with Gasteiger partial charge >= 0.3 is 0 Å². The summed E-state index contributed by atoms with van der Waals surface area (Å²) in [5, 5.41) is 21.0. The van der Waals surface area contributed by atoms with Gasteiger partial charge in [0.05, 0.1) is 13.1 Å². The monoisotopic (exact) mass is 517 g/mol. The normalized spacial score (nSPS) is 13.4. The molecular weight excluding hydrogens is 485 g/mol. The number of anilines is 1. The van der Waals surface area contributed by atoms with Crippen LogP contribution in [0.4, 0.5) is 5.82 Å². The molecule has 1 atom stereocenters. The van der Waals surface area contributed by atoms with Gasteiger partial charge in [0, 0.05) is 25.8 Å². The lowest BCUT2D eigenvalue weighted by atomic mass is 9.99. The molecule has 0 aliphatic rings. The van der Waals surface area contributed by atoms with Gasteiger partial charge < -0.3 is 20.6 Å². The third-order valence-corrected chi connectivity index (χ3v) is 5.09. The first-order chi connectivity index (χ1) is 13.0. The van der Waals surface area contributed by atoms with Crippen LogP contribution in [0.25, 0.3) is 0 Å². The van der Waals surface area contributed by atoms with Gasteiger partial charge in [0.15, 0.2) is 5.96 Å². The van der Waals surface area contributed by atoms with Crippen molar-refractivity contribution in [2.24, 2.45) is 4.99 Å². The fourth-order valence-corrected chi connectivity index (χ4v) is 3.47. The summed E-state index contributed by atoms with van der Waals surface area (Å²) >= 11 is 1.58. The third-order valence-electron chi connectivity index (χ3n) is 4.40. The predicted octanol–water partition coefficient (Wildman–Crippen LogP) is 3.57. The summed E-state index contributed by atoms with van der Waals surface area (Å²) in [5.41, 5.74) is 1.02. The molecule has 0 saturated carbocycles. The summed E-state index contributed by atoms with van der Waals surface area (Å²) in [6.45, 7) is 11.6. The largest absolute Gasteiger partial charge is 0.384 e. The SMILES string of the molecule is CCNC(=NCc1ccc(N(CC)CC)nc1)NCC(C)(O)c1ccsc1.I. The number of aliphatic hydroxyl groups is 1. The fourth-order valence-electron chi connectivity index (χ4n) is 2.69.